The van der Waals surface area contributed by atoms with Crippen molar-refractivity contribution in [3.05, 3.63) is 36.2 Å². The number of nitrogens with two attached hydrogens (primary N) is 2. The van der Waals surface area contributed by atoms with E-state index in [1.54, 1.807) is 24.3 Å². The first kappa shape index (κ1) is 22.3. The van der Waals surface area contributed by atoms with Gasteiger partial charge in [-0.2, -0.15) is 5.10 Å². The standard InChI is InChI=1S/C19H22N8O6/c20-12(29)7-32-10-3-1-9(2-4-10)5-24-26-19-25-13-16(21)22-8-23-17(13)27(19)18-15(31)14(30)11(6-28)33-18/h1-5,8,11,14-15,18,28,30-31H,6-7H2,(H2,20,29)(H,25,26)(H2,21,22,23). The zero-order chi connectivity index (χ0) is 23.5. The van der Waals surface area contributed by atoms with Crippen LogP contribution in [-0.2, 0) is 9.53 Å². The summed E-state index contributed by atoms with van der Waals surface area (Å²) in [5.41, 5.74) is 14.9. The van der Waals surface area contributed by atoms with E-state index in [2.05, 4.69) is 25.5 Å². The Morgan fingerprint density at radius 2 is 2.03 bits per heavy atom. The lowest BCUT2D eigenvalue weighted by atomic mass is 10.1. The number of aliphatic hydroxyl groups is 3. The number of hydrazone groups is 1. The van der Waals surface area contributed by atoms with E-state index in [1.165, 1.54) is 17.1 Å². The zero-order valence-electron chi connectivity index (χ0n) is 17.1. The Hall–Kier alpha value is -3.85. The Labute approximate surface area is 186 Å². The predicted octanol–water partition coefficient (Wildman–Crippen LogP) is -1.67. The number of nitrogens with zero attached hydrogens (tertiary/aromatic N) is 5. The SMILES string of the molecule is NC(=O)COc1ccc(C=NNc2nc3c(N)ncnc3n2C2OC(CO)C(O)C2O)cc1. The maximum absolute atomic E-state index is 10.8. The quantitative estimate of drug-likeness (QED) is 0.166. The molecule has 0 radical (unpaired) electrons. The van der Waals surface area contributed by atoms with Crippen molar-refractivity contribution in [1.29, 1.82) is 0 Å². The molecule has 4 atom stereocenters. The van der Waals surface area contributed by atoms with E-state index < -0.39 is 37.1 Å². The third-order valence-electron chi connectivity index (χ3n) is 4.92. The third-order valence-corrected chi connectivity index (χ3v) is 4.92. The molecule has 0 saturated carbocycles. The fraction of sp³-hybridized carbons (Fsp3) is 0.316. The lowest BCUT2D eigenvalue weighted by Gasteiger charge is -2.18. The minimum atomic E-state index is -1.37. The first-order chi connectivity index (χ1) is 15.9. The van der Waals surface area contributed by atoms with Crippen LogP contribution in [0.5, 0.6) is 5.75 Å². The number of nitrogen functional groups attached to an aromatic ring is 1. The monoisotopic (exact) mass is 458 g/mol. The summed E-state index contributed by atoms with van der Waals surface area (Å²) in [6.45, 7) is -0.712. The number of rotatable bonds is 8. The number of fused-ring (bicyclic) bond motifs is 1. The van der Waals surface area contributed by atoms with Gasteiger partial charge >= 0.3 is 0 Å². The van der Waals surface area contributed by atoms with Gasteiger partial charge in [-0.05, 0) is 29.8 Å². The number of aromatic nitrogens is 4. The van der Waals surface area contributed by atoms with Crippen LogP contribution in [0.2, 0.25) is 0 Å². The van der Waals surface area contributed by atoms with Crippen molar-refractivity contribution in [1.82, 2.24) is 19.5 Å². The third kappa shape index (κ3) is 4.54. The van der Waals surface area contributed by atoms with E-state index >= 15 is 0 Å². The van der Waals surface area contributed by atoms with Crippen LogP contribution in [0.4, 0.5) is 11.8 Å². The van der Waals surface area contributed by atoms with Crippen molar-refractivity contribution < 1.29 is 29.6 Å². The molecule has 0 aliphatic carbocycles. The Bertz CT molecular complexity index is 1170. The number of ether oxygens (including phenoxy) is 2. The largest absolute Gasteiger partial charge is 0.484 e. The van der Waals surface area contributed by atoms with E-state index in [-0.39, 0.29) is 29.5 Å². The highest BCUT2D eigenvalue weighted by Gasteiger charge is 2.45. The second-order valence-electron chi connectivity index (χ2n) is 7.16. The van der Waals surface area contributed by atoms with Crippen LogP contribution in [0.1, 0.15) is 11.8 Å². The van der Waals surface area contributed by atoms with Gasteiger partial charge in [0.25, 0.3) is 5.91 Å². The molecule has 1 aliphatic rings. The Morgan fingerprint density at radius 3 is 2.70 bits per heavy atom. The number of nitrogens with one attached hydrogen (secondary N) is 1. The van der Waals surface area contributed by atoms with Crippen molar-refractivity contribution in [2.45, 2.75) is 24.5 Å². The highest BCUT2D eigenvalue weighted by Crippen LogP contribution is 2.35. The summed E-state index contributed by atoms with van der Waals surface area (Å²) >= 11 is 0. The second kappa shape index (κ2) is 9.33. The molecule has 4 rings (SSSR count). The number of hydrogen-bond donors (Lipinski definition) is 6. The number of imidazole rings is 1. The van der Waals surface area contributed by atoms with Crippen molar-refractivity contribution in [2.75, 3.05) is 24.4 Å². The molecule has 8 N–H and O–H groups in total. The van der Waals surface area contributed by atoms with Crippen LogP contribution in [0.25, 0.3) is 11.2 Å². The number of hydrogen-bond acceptors (Lipinski definition) is 12. The number of carbonyl (C=O) groups excluding carboxylic acids is 1. The van der Waals surface area contributed by atoms with Crippen molar-refractivity contribution >= 4 is 35.1 Å². The fourth-order valence-electron chi connectivity index (χ4n) is 3.31. The highest BCUT2D eigenvalue weighted by molar-refractivity contribution is 5.84. The van der Waals surface area contributed by atoms with Crippen molar-refractivity contribution in [3.63, 3.8) is 0 Å². The summed E-state index contributed by atoms with van der Waals surface area (Å²) in [6, 6.07) is 6.71. The van der Waals surface area contributed by atoms with Gasteiger partial charge in [0.15, 0.2) is 29.8 Å². The highest BCUT2D eigenvalue weighted by atomic mass is 16.6. The Kier molecular flexibility index (Phi) is 6.32. The molecule has 3 aromatic rings. The molecular weight excluding hydrogens is 436 g/mol. The van der Waals surface area contributed by atoms with E-state index in [4.69, 9.17) is 20.9 Å². The molecule has 2 aromatic heterocycles. The van der Waals surface area contributed by atoms with Crippen LogP contribution < -0.4 is 21.6 Å². The molecule has 14 heteroatoms. The van der Waals surface area contributed by atoms with Crippen molar-refractivity contribution in [3.8, 4) is 5.75 Å². The van der Waals surface area contributed by atoms with Gasteiger partial charge in [-0.1, -0.05) is 0 Å². The number of amides is 1. The summed E-state index contributed by atoms with van der Waals surface area (Å²) in [5, 5.41) is 34.2. The normalized spacial score (nSPS) is 22.8. The van der Waals surface area contributed by atoms with Gasteiger partial charge < -0.3 is 36.3 Å². The number of carbonyl (C=O) groups is 1. The zero-order valence-corrected chi connectivity index (χ0v) is 17.1. The van der Waals surface area contributed by atoms with Crippen molar-refractivity contribution in [2.24, 2.45) is 10.8 Å². The first-order valence-corrected chi connectivity index (χ1v) is 9.80. The van der Waals surface area contributed by atoms with Gasteiger partial charge in [0.2, 0.25) is 5.95 Å². The summed E-state index contributed by atoms with van der Waals surface area (Å²) in [5.74, 6) is 0.111. The fourth-order valence-corrected chi connectivity index (χ4v) is 3.31. The molecule has 1 amide bonds. The number of benzene rings is 1. The average Bonchev–Trinajstić information content (AvgIpc) is 3.31. The van der Waals surface area contributed by atoms with Gasteiger partial charge in [-0.15, -0.1) is 0 Å². The van der Waals surface area contributed by atoms with Crippen LogP contribution >= 0.6 is 0 Å². The summed E-state index contributed by atoms with van der Waals surface area (Å²) in [4.78, 5) is 23.2. The van der Waals surface area contributed by atoms with Gasteiger partial charge in [0.1, 0.15) is 30.4 Å². The lowest BCUT2D eigenvalue weighted by Crippen LogP contribution is -2.33. The molecule has 1 aliphatic heterocycles. The molecule has 1 fully saturated rings. The van der Waals surface area contributed by atoms with E-state index in [0.29, 0.717) is 11.3 Å². The van der Waals surface area contributed by atoms with Gasteiger partial charge in [-0.25, -0.2) is 20.4 Å². The number of anilines is 2. The van der Waals surface area contributed by atoms with Crippen LogP contribution in [0.3, 0.4) is 0 Å². The van der Waals surface area contributed by atoms with Gasteiger partial charge in [0.05, 0.1) is 12.8 Å². The minimum Gasteiger partial charge on any atom is -0.484 e. The maximum Gasteiger partial charge on any atom is 0.255 e. The number of primary amides is 1. The molecule has 1 saturated heterocycles. The van der Waals surface area contributed by atoms with E-state index in [0.717, 1.165) is 0 Å². The Morgan fingerprint density at radius 1 is 1.27 bits per heavy atom. The van der Waals surface area contributed by atoms with Crippen LogP contribution in [0.15, 0.2) is 35.7 Å². The van der Waals surface area contributed by atoms with Gasteiger partial charge in [-0.3, -0.25) is 9.36 Å². The molecule has 0 bridgehead atoms. The predicted molar refractivity (Wildman–Crippen MR) is 115 cm³/mol. The smallest absolute Gasteiger partial charge is 0.255 e. The summed E-state index contributed by atoms with van der Waals surface area (Å²) in [7, 11) is 0. The number of aliphatic hydroxyl groups excluding tert-OH is 3. The minimum absolute atomic E-state index is 0.101. The first-order valence-electron chi connectivity index (χ1n) is 9.80. The second-order valence-corrected chi connectivity index (χ2v) is 7.16. The average molecular weight is 458 g/mol. The lowest BCUT2D eigenvalue weighted by molar-refractivity contribution is -0.119. The summed E-state index contributed by atoms with van der Waals surface area (Å²) < 4.78 is 12.2. The topological polar surface area (TPSA) is 216 Å². The molecular formula is C19H22N8O6. The maximum atomic E-state index is 10.8. The molecule has 1 aromatic carbocycles. The van der Waals surface area contributed by atoms with Crippen LogP contribution in [0, 0.1) is 0 Å². The van der Waals surface area contributed by atoms with Crippen LogP contribution in [-0.4, -0.2) is 78.5 Å². The Balaban J connectivity index is 1.58. The van der Waals surface area contributed by atoms with E-state index in [9.17, 15) is 20.1 Å². The molecule has 174 valence electrons. The van der Waals surface area contributed by atoms with Gasteiger partial charge in [0, 0.05) is 0 Å². The molecule has 4 unspecified atom stereocenters. The van der Waals surface area contributed by atoms with E-state index in [1.807, 2.05) is 0 Å². The molecule has 3 heterocycles. The molecule has 0 spiro atoms. The molecule has 33 heavy (non-hydrogen) atoms. The summed E-state index contributed by atoms with van der Waals surface area (Å²) in [6.07, 6.45) is -2.07. The molecule has 14 nitrogen and oxygen atoms in total.